The minimum absolute atomic E-state index is 0.187. The van der Waals surface area contributed by atoms with E-state index in [2.05, 4.69) is 32.0 Å². The van der Waals surface area contributed by atoms with Crippen molar-refractivity contribution >= 4 is 29.1 Å². The molecule has 2 fully saturated rings. The molecule has 0 bridgehead atoms. The molecule has 33 heavy (non-hydrogen) atoms. The average Bonchev–Trinajstić information content (AvgIpc) is 3.32. The van der Waals surface area contributed by atoms with E-state index in [0.717, 1.165) is 50.1 Å². The van der Waals surface area contributed by atoms with Crippen molar-refractivity contribution in [3.63, 3.8) is 0 Å². The van der Waals surface area contributed by atoms with Gasteiger partial charge in [0.25, 0.3) is 5.91 Å². The molecule has 2 aromatic rings. The van der Waals surface area contributed by atoms with Crippen molar-refractivity contribution in [2.75, 3.05) is 25.0 Å². The topological polar surface area (TPSA) is 78.4 Å². The first-order chi connectivity index (χ1) is 15.8. The van der Waals surface area contributed by atoms with Crippen LogP contribution < -0.4 is 5.32 Å². The average molecular weight is 470 g/mol. The number of carbonyl (C=O) groups excluding carboxylic acids is 2. The Bertz CT molecular complexity index is 1020. The number of aromatic nitrogens is 2. The third-order valence-corrected chi connectivity index (χ3v) is 7.08. The number of piperazine rings is 1. The van der Waals surface area contributed by atoms with Gasteiger partial charge in [-0.15, -0.1) is 0 Å². The van der Waals surface area contributed by atoms with E-state index in [1.54, 1.807) is 13.0 Å². The first-order valence-electron chi connectivity index (χ1n) is 11.7. The molecule has 1 aliphatic heterocycles. The molecule has 0 radical (unpaired) electrons. The van der Waals surface area contributed by atoms with E-state index in [-0.39, 0.29) is 17.9 Å². The van der Waals surface area contributed by atoms with Crippen LogP contribution in [-0.4, -0.2) is 57.3 Å². The number of nitrogens with one attached hydrogen (secondary N) is 1. The van der Waals surface area contributed by atoms with Crippen LogP contribution in [0.2, 0.25) is 5.02 Å². The SMILES string of the molecule is Cc1ncc(C(=O)Nc2cc(Cl)cc(CN3CCN(C(=O)C4CCCC4)C(C)C3)c2C)cn1. The zero-order valence-corrected chi connectivity index (χ0v) is 20.4. The lowest BCUT2D eigenvalue weighted by molar-refractivity contribution is -0.140. The highest BCUT2D eigenvalue weighted by Gasteiger charge is 2.33. The number of hydrogen-bond donors (Lipinski definition) is 1. The van der Waals surface area contributed by atoms with Crippen LogP contribution in [0.15, 0.2) is 24.5 Å². The fourth-order valence-electron chi connectivity index (χ4n) is 4.89. The van der Waals surface area contributed by atoms with Crippen molar-refractivity contribution in [2.45, 2.75) is 59.0 Å². The Morgan fingerprint density at radius 1 is 1.12 bits per heavy atom. The lowest BCUT2D eigenvalue weighted by Crippen LogP contribution is -2.54. The number of anilines is 1. The van der Waals surface area contributed by atoms with Crippen LogP contribution in [0, 0.1) is 19.8 Å². The van der Waals surface area contributed by atoms with Crippen LogP contribution in [-0.2, 0) is 11.3 Å². The Morgan fingerprint density at radius 3 is 2.48 bits per heavy atom. The first kappa shape index (κ1) is 23.6. The number of rotatable bonds is 5. The Kier molecular flexibility index (Phi) is 7.29. The number of nitrogens with zero attached hydrogens (tertiary/aromatic N) is 4. The molecule has 1 unspecified atom stereocenters. The summed E-state index contributed by atoms with van der Waals surface area (Å²) in [7, 11) is 0. The van der Waals surface area contributed by atoms with Gasteiger partial charge in [-0.3, -0.25) is 14.5 Å². The fourth-order valence-corrected chi connectivity index (χ4v) is 5.13. The molecule has 2 amide bonds. The summed E-state index contributed by atoms with van der Waals surface area (Å²) < 4.78 is 0. The van der Waals surface area contributed by atoms with Crippen molar-refractivity contribution in [3.8, 4) is 0 Å². The Balaban J connectivity index is 1.42. The maximum absolute atomic E-state index is 12.9. The highest BCUT2D eigenvalue weighted by molar-refractivity contribution is 6.31. The van der Waals surface area contributed by atoms with Gasteiger partial charge in [-0.1, -0.05) is 24.4 Å². The number of carbonyl (C=O) groups is 2. The van der Waals surface area contributed by atoms with Crippen LogP contribution >= 0.6 is 11.6 Å². The summed E-state index contributed by atoms with van der Waals surface area (Å²) in [6, 6.07) is 3.92. The van der Waals surface area contributed by atoms with Gasteiger partial charge >= 0.3 is 0 Å². The third-order valence-electron chi connectivity index (χ3n) is 6.86. The lowest BCUT2D eigenvalue weighted by Gasteiger charge is -2.41. The van der Waals surface area contributed by atoms with Crippen molar-refractivity contribution in [3.05, 3.63) is 52.1 Å². The molecule has 176 valence electrons. The van der Waals surface area contributed by atoms with Gasteiger partial charge in [-0.25, -0.2) is 9.97 Å². The molecule has 1 aromatic heterocycles. The fraction of sp³-hybridized carbons (Fsp3) is 0.520. The summed E-state index contributed by atoms with van der Waals surface area (Å²) in [6.45, 7) is 9.05. The molecule has 1 N–H and O–H groups in total. The molecule has 1 aromatic carbocycles. The molecule has 0 spiro atoms. The summed E-state index contributed by atoms with van der Waals surface area (Å²) in [6.07, 6.45) is 7.47. The highest BCUT2D eigenvalue weighted by atomic mass is 35.5. The second kappa shape index (κ2) is 10.2. The number of hydrogen-bond acceptors (Lipinski definition) is 5. The summed E-state index contributed by atoms with van der Waals surface area (Å²) >= 11 is 6.41. The van der Waals surface area contributed by atoms with Crippen LogP contribution in [0.4, 0.5) is 5.69 Å². The molecular formula is C25H32ClN5O2. The van der Waals surface area contributed by atoms with Crippen molar-refractivity contribution in [1.29, 1.82) is 0 Å². The van der Waals surface area contributed by atoms with E-state index < -0.39 is 0 Å². The van der Waals surface area contributed by atoms with E-state index in [1.807, 2.05) is 13.0 Å². The van der Waals surface area contributed by atoms with Crippen LogP contribution in [0.5, 0.6) is 0 Å². The second-order valence-corrected chi connectivity index (χ2v) is 9.74. The van der Waals surface area contributed by atoms with Crippen LogP contribution in [0.25, 0.3) is 0 Å². The van der Waals surface area contributed by atoms with Gasteiger partial charge in [0, 0.05) is 61.2 Å². The third kappa shape index (κ3) is 5.53. The molecule has 8 heteroatoms. The van der Waals surface area contributed by atoms with E-state index in [9.17, 15) is 9.59 Å². The largest absolute Gasteiger partial charge is 0.337 e. The predicted molar refractivity (Wildman–Crippen MR) is 129 cm³/mol. The lowest BCUT2D eigenvalue weighted by atomic mass is 10.0. The number of benzene rings is 1. The zero-order chi connectivity index (χ0) is 23.5. The van der Waals surface area contributed by atoms with E-state index >= 15 is 0 Å². The molecule has 1 saturated carbocycles. The minimum Gasteiger partial charge on any atom is -0.337 e. The zero-order valence-electron chi connectivity index (χ0n) is 19.6. The number of amides is 2. The Morgan fingerprint density at radius 2 is 1.82 bits per heavy atom. The summed E-state index contributed by atoms with van der Waals surface area (Å²) in [5, 5.41) is 3.53. The Hall–Kier alpha value is -2.51. The molecule has 1 atom stereocenters. The number of halogens is 1. The van der Waals surface area contributed by atoms with Gasteiger partial charge in [0.1, 0.15) is 5.82 Å². The van der Waals surface area contributed by atoms with Gasteiger partial charge in [0.05, 0.1) is 5.56 Å². The molecule has 7 nitrogen and oxygen atoms in total. The quantitative estimate of drug-likeness (QED) is 0.709. The smallest absolute Gasteiger partial charge is 0.258 e. The van der Waals surface area contributed by atoms with Gasteiger partial charge in [0.15, 0.2) is 0 Å². The first-order valence-corrected chi connectivity index (χ1v) is 12.1. The van der Waals surface area contributed by atoms with Crippen LogP contribution in [0.1, 0.15) is 59.9 Å². The monoisotopic (exact) mass is 469 g/mol. The predicted octanol–water partition coefficient (Wildman–Crippen LogP) is 4.22. The van der Waals surface area contributed by atoms with E-state index in [1.165, 1.54) is 25.2 Å². The Labute approximate surface area is 200 Å². The van der Waals surface area contributed by atoms with Gasteiger partial charge in [0.2, 0.25) is 5.91 Å². The van der Waals surface area contributed by atoms with Gasteiger partial charge < -0.3 is 10.2 Å². The molecular weight excluding hydrogens is 438 g/mol. The summed E-state index contributed by atoms with van der Waals surface area (Å²) in [4.78, 5) is 38.2. The van der Waals surface area contributed by atoms with Gasteiger partial charge in [-0.2, -0.15) is 0 Å². The molecule has 2 heterocycles. The van der Waals surface area contributed by atoms with E-state index in [4.69, 9.17) is 11.6 Å². The number of aryl methyl sites for hydroxylation is 1. The maximum Gasteiger partial charge on any atom is 0.258 e. The maximum atomic E-state index is 12.9. The van der Waals surface area contributed by atoms with Crippen LogP contribution in [0.3, 0.4) is 0 Å². The minimum atomic E-state index is -0.265. The standard InChI is InChI=1S/C25H32ClN5O2/c1-16-14-30(8-9-31(16)25(33)19-6-4-5-7-19)15-20-10-22(26)11-23(17(20)2)29-24(32)21-12-27-18(3)28-13-21/h10-13,16,19H,4-9,14-15H2,1-3H3,(H,29,32). The van der Waals surface area contributed by atoms with E-state index in [0.29, 0.717) is 28.0 Å². The molecule has 2 aliphatic rings. The van der Waals surface area contributed by atoms with Crippen molar-refractivity contribution < 1.29 is 9.59 Å². The van der Waals surface area contributed by atoms with Crippen molar-refractivity contribution in [2.24, 2.45) is 5.92 Å². The molecule has 1 aliphatic carbocycles. The normalized spacial score (nSPS) is 19.6. The highest BCUT2D eigenvalue weighted by Crippen LogP contribution is 2.29. The molecule has 4 rings (SSSR count). The second-order valence-electron chi connectivity index (χ2n) is 9.31. The van der Waals surface area contributed by atoms with Crippen molar-refractivity contribution in [1.82, 2.24) is 19.8 Å². The summed E-state index contributed by atoms with van der Waals surface area (Å²) in [5.41, 5.74) is 3.14. The summed E-state index contributed by atoms with van der Waals surface area (Å²) in [5.74, 6) is 0.911. The molecule has 1 saturated heterocycles. The van der Waals surface area contributed by atoms with Gasteiger partial charge in [-0.05, 0) is 56.9 Å².